The van der Waals surface area contributed by atoms with Gasteiger partial charge in [0, 0.05) is 12.6 Å². The maximum Gasteiger partial charge on any atom is 0.216 e. The van der Waals surface area contributed by atoms with Gasteiger partial charge in [0.05, 0.1) is 11.9 Å². The Hall–Kier alpha value is -0.130. The van der Waals surface area contributed by atoms with Crippen molar-refractivity contribution >= 4 is 10.0 Å². The molecule has 0 aromatic heterocycles. The Kier molecular flexibility index (Phi) is 6.08. The van der Waals surface area contributed by atoms with Crippen LogP contribution in [0.2, 0.25) is 0 Å². The van der Waals surface area contributed by atoms with E-state index in [0.717, 1.165) is 32.1 Å². The highest BCUT2D eigenvalue weighted by molar-refractivity contribution is 7.89. The molecule has 0 spiro atoms. The summed E-state index contributed by atoms with van der Waals surface area (Å²) >= 11 is 0. The molecular weight excluding hydrogens is 250 g/mol. The van der Waals surface area contributed by atoms with Gasteiger partial charge < -0.3 is 5.11 Å². The van der Waals surface area contributed by atoms with E-state index in [9.17, 15) is 13.5 Å². The fourth-order valence-electron chi connectivity index (χ4n) is 2.05. The molecule has 0 unspecified atom stereocenters. The lowest BCUT2D eigenvalue weighted by molar-refractivity contribution is 0.173. The van der Waals surface area contributed by atoms with Crippen molar-refractivity contribution in [3.8, 4) is 0 Å². The summed E-state index contributed by atoms with van der Waals surface area (Å²) in [5, 5.41) is 9.09. The van der Waals surface area contributed by atoms with Crippen molar-refractivity contribution in [2.45, 2.75) is 64.2 Å². The first-order chi connectivity index (χ1) is 8.43. The lowest BCUT2D eigenvalue weighted by Crippen LogP contribution is -2.46. The van der Waals surface area contributed by atoms with Crippen molar-refractivity contribution < 1.29 is 13.5 Å². The minimum atomic E-state index is -3.26. The van der Waals surface area contributed by atoms with Crippen LogP contribution in [0.4, 0.5) is 0 Å². The summed E-state index contributed by atoms with van der Waals surface area (Å²) < 4.78 is 26.3. The smallest absolute Gasteiger partial charge is 0.216 e. The molecule has 1 aliphatic carbocycles. The summed E-state index contributed by atoms with van der Waals surface area (Å²) in [5.41, 5.74) is 0. The number of hydrogen-bond donors (Lipinski definition) is 1. The van der Waals surface area contributed by atoms with Crippen LogP contribution in [0.3, 0.4) is 0 Å². The topological polar surface area (TPSA) is 57.6 Å². The normalized spacial score (nSPS) is 18.6. The van der Waals surface area contributed by atoms with Crippen molar-refractivity contribution in [3.63, 3.8) is 0 Å². The van der Waals surface area contributed by atoms with Gasteiger partial charge in [-0.05, 0) is 39.0 Å². The maximum atomic E-state index is 12.4. The Bertz CT molecular complexity index is 336. The lowest BCUT2D eigenvalue weighted by Gasteiger charge is -2.31. The van der Waals surface area contributed by atoms with Gasteiger partial charge in [0.25, 0.3) is 0 Å². The Morgan fingerprint density at radius 3 is 2.33 bits per heavy atom. The quantitative estimate of drug-likeness (QED) is 0.701. The summed E-state index contributed by atoms with van der Waals surface area (Å²) in [6.45, 7) is 6.03. The maximum absolute atomic E-state index is 12.4. The Labute approximate surface area is 111 Å². The molecule has 1 fully saturated rings. The number of rotatable bonds is 9. The zero-order valence-electron chi connectivity index (χ0n) is 11.8. The van der Waals surface area contributed by atoms with E-state index in [1.807, 2.05) is 0 Å². The first-order valence-electron chi connectivity index (χ1n) is 7.05. The summed E-state index contributed by atoms with van der Waals surface area (Å²) in [6, 6.07) is -0.238. The third-order valence-electron chi connectivity index (χ3n) is 3.57. The highest BCUT2D eigenvalue weighted by Gasteiger charge is 2.36. The minimum Gasteiger partial charge on any atom is -0.395 e. The van der Waals surface area contributed by atoms with Gasteiger partial charge in [-0.1, -0.05) is 19.8 Å². The molecule has 0 aliphatic heterocycles. The molecular formula is C13H27NO3S. The van der Waals surface area contributed by atoms with Crippen LogP contribution in [0.1, 0.15) is 52.9 Å². The number of nitrogens with zero attached hydrogens (tertiary/aromatic N) is 1. The monoisotopic (exact) mass is 277 g/mol. The molecule has 0 radical (unpaired) electrons. The van der Waals surface area contributed by atoms with Crippen LogP contribution in [0.5, 0.6) is 0 Å². The van der Waals surface area contributed by atoms with Gasteiger partial charge in [0.2, 0.25) is 10.0 Å². The van der Waals surface area contributed by atoms with Crippen LogP contribution in [-0.2, 0) is 10.0 Å². The van der Waals surface area contributed by atoms with Crippen molar-refractivity contribution in [3.05, 3.63) is 0 Å². The van der Waals surface area contributed by atoms with E-state index in [0.29, 0.717) is 12.5 Å². The first kappa shape index (κ1) is 15.9. The summed E-state index contributed by atoms with van der Waals surface area (Å²) in [5.74, 6) is 0.509. The van der Waals surface area contributed by atoms with Gasteiger partial charge in [0.15, 0.2) is 0 Å². The number of aliphatic hydroxyl groups excluding tert-OH is 1. The predicted octanol–water partition coefficient (Wildman–Crippen LogP) is 1.99. The SMILES string of the molecule is CCCC[C@H](CO)N(CC1CC1)S(=O)(=O)C(C)C. The third kappa shape index (κ3) is 4.21. The van der Waals surface area contributed by atoms with E-state index >= 15 is 0 Å². The zero-order valence-corrected chi connectivity index (χ0v) is 12.6. The van der Waals surface area contributed by atoms with Crippen LogP contribution < -0.4 is 0 Å². The van der Waals surface area contributed by atoms with Crippen molar-refractivity contribution in [2.75, 3.05) is 13.2 Å². The van der Waals surface area contributed by atoms with E-state index in [4.69, 9.17) is 0 Å². The number of hydrogen-bond acceptors (Lipinski definition) is 3. The fraction of sp³-hybridized carbons (Fsp3) is 1.00. The van der Waals surface area contributed by atoms with Gasteiger partial charge in [-0.15, -0.1) is 0 Å². The molecule has 1 aliphatic rings. The van der Waals surface area contributed by atoms with Crippen molar-refractivity contribution in [1.29, 1.82) is 0 Å². The van der Waals surface area contributed by atoms with Crippen LogP contribution >= 0.6 is 0 Å². The van der Waals surface area contributed by atoms with Crippen LogP contribution in [0, 0.1) is 5.92 Å². The highest BCUT2D eigenvalue weighted by Crippen LogP contribution is 2.32. The van der Waals surface area contributed by atoms with Gasteiger partial charge >= 0.3 is 0 Å². The molecule has 0 aromatic carbocycles. The molecule has 1 rings (SSSR count). The molecule has 5 heteroatoms. The molecule has 18 heavy (non-hydrogen) atoms. The molecule has 0 saturated heterocycles. The Balaban J connectivity index is 2.80. The van der Waals surface area contributed by atoms with Gasteiger partial charge in [-0.2, -0.15) is 4.31 Å². The molecule has 0 bridgehead atoms. The average Bonchev–Trinajstić information content (AvgIpc) is 3.12. The zero-order chi connectivity index (χ0) is 13.8. The number of unbranched alkanes of at least 4 members (excludes halogenated alkanes) is 1. The minimum absolute atomic E-state index is 0.0708. The number of sulfonamides is 1. The average molecular weight is 277 g/mol. The van der Waals surface area contributed by atoms with Crippen molar-refractivity contribution in [2.24, 2.45) is 5.92 Å². The van der Waals surface area contributed by atoms with E-state index in [2.05, 4.69) is 6.92 Å². The van der Waals surface area contributed by atoms with E-state index in [1.54, 1.807) is 18.2 Å². The van der Waals surface area contributed by atoms with E-state index < -0.39 is 15.3 Å². The molecule has 1 N–H and O–H groups in total. The summed E-state index contributed by atoms with van der Waals surface area (Å²) in [6.07, 6.45) is 4.98. The first-order valence-corrected chi connectivity index (χ1v) is 8.55. The molecule has 1 atom stereocenters. The lowest BCUT2D eigenvalue weighted by atomic mass is 10.1. The molecule has 0 aromatic rings. The fourth-order valence-corrected chi connectivity index (χ4v) is 3.60. The highest BCUT2D eigenvalue weighted by atomic mass is 32.2. The Morgan fingerprint density at radius 1 is 1.33 bits per heavy atom. The van der Waals surface area contributed by atoms with Crippen LogP contribution in [0.25, 0.3) is 0 Å². The summed E-state index contributed by atoms with van der Waals surface area (Å²) in [7, 11) is -3.26. The van der Waals surface area contributed by atoms with Gasteiger partial charge in [0.1, 0.15) is 0 Å². The van der Waals surface area contributed by atoms with E-state index in [-0.39, 0.29) is 12.6 Å². The second kappa shape index (κ2) is 6.87. The van der Waals surface area contributed by atoms with Gasteiger partial charge in [-0.25, -0.2) is 8.42 Å². The van der Waals surface area contributed by atoms with E-state index in [1.165, 1.54) is 0 Å². The van der Waals surface area contributed by atoms with Crippen molar-refractivity contribution in [1.82, 2.24) is 4.31 Å². The second-order valence-corrected chi connectivity index (χ2v) is 8.03. The molecule has 1 saturated carbocycles. The van der Waals surface area contributed by atoms with Gasteiger partial charge in [-0.3, -0.25) is 0 Å². The molecule has 4 nitrogen and oxygen atoms in total. The van der Waals surface area contributed by atoms with Crippen LogP contribution in [-0.4, -0.2) is 42.3 Å². The predicted molar refractivity (Wildman–Crippen MR) is 73.9 cm³/mol. The third-order valence-corrected chi connectivity index (χ3v) is 5.86. The molecule has 108 valence electrons. The molecule has 0 heterocycles. The molecule has 0 amide bonds. The Morgan fingerprint density at radius 2 is 1.94 bits per heavy atom. The largest absolute Gasteiger partial charge is 0.395 e. The van der Waals surface area contributed by atoms with Crippen LogP contribution in [0.15, 0.2) is 0 Å². The standard InChI is InChI=1S/C13H27NO3S/c1-4-5-6-13(10-15)14(9-12-7-8-12)18(16,17)11(2)3/h11-13,15H,4-10H2,1-3H3/t13-/m1/s1. The summed E-state index contributed by atoms with van der Waals surface area (Å²) in [4.78, 5) is 0. The number of aliphatic hydroxyl groups is 1. The second-order valence-electron chi connectivity index (χ2n) is 5.59.